The summed E-state index contributed by atoms with van der Waals surface area (Å²) in [4.78, 5) is 0. The van der Waals surface area contributed by atoms with Gasteiger partial charge in [-0.2, -0.15) is 4.39 Å². The first kappa shape index (κ1) is 21.3. The number of phenols is 1. The summed E-state index contributed by atoms with van der Waals surface area (Å²) in [5.74, 6) is -2.80. The topological polar surface area (TPSA) is 38.7 Å². The largest absolute Gasteiger partial charge is 0.505 e. The molecule has 0 heterocycles. The van der Waals surface area contributed by atoms with Crippen molar-refractivity contribution in [2.45, 2.75) is 19.4 Å². The molecule has 0 aliphatic rings. The van der Waals surface area contributed by atoms with E-state index in [1.165, 1.54) is 24.3 Å². The molecule has 6 heteroatoms. The Balaban J connectivity index is 1.67. The Hall–Kier alpha value is -3.41. The van der Waals surface area contributed by atoms with Gasteiger partial charge in [0.15, 0.2) is 23.1 Å². The van der Waals surface area contributed by atoms with Crippen LogP contribution in [-0.2, 0) is 6.61 Å². The molecule has 0 unspecified atom stereocenters. The zero-order valence-electron chi connectivity index (χ0n) is 16.2. The van der Waals surface area contributed by atoms with Crippen molar-refractivity contribution in [2.24, 2.45) is 0 Å². The van der Waals surface area contributed by atoms with Crippen LogP contribution in [0.2, 0.25) is 0 Å². The van der Waals surface area contributed by atoms with Crippen LogP contribution in [-0.4, -0.2) is 11.7 Å². The van der Waals surface area contributed by atoms with Gasteiger partial charge in [-0.15, -0.1) is 6.58 Å². The summed E-state index contributed by atoms with van der Waals surface area (Å²) < 4.78 is 53.0. The van der Waals surface area contributed by atoms with Crippen LogP contribution in [0, 0.1) is 17.5 Å². The second kappa shape index (κ2) is 9.87. The summed E-state index contributed by atoms with van der Waals surface area (Å²) in [6, 6.07) is 13.3. The van der Waals surface area contributed by atoms with Crippen molar-refractivity contribution in [1.29, 1.82) is 0 Å². The van der Waals surface area contributed by atoms with Gasteiger partial charge >= 0.3 is 0 Å². The number of allylic oxidation sites excluding steroid dienone is 1. The molecule has 156 valence electrons. The van der Waals surface area contributed by atoms with Crippen LogP contribution in [0.25, 0.3) is 11.1 Å². The Morgan fingerprint density at radius 1 is 0.900 bits per heavy atom. The number of hydrogen-bond acceptors (Lipinski definition) is 3. The van der Waals surface area contributed by atoms with Gasteiger partial charge in [-0.05, 0) is 60.4 Å². The highest BCUT2D eigenvalue weighted by molar-refractivity contribution is 5.66. The maximum atomic E-state index is 14.5. The lowest BCUT2D eigenvalue weighted by atomic mass is 10.0. The van der Waals surface area contributed by atoms with Crippen molar-refractivity contribution in [1.82, 2.24) is 0 Å². The molecule has 3 nitrogen and oxygen atoms in total. The maximum absolute atomic E-state index is 14.5. The number of rotatable bonds is 9. The van der Waals surface area contributed by atoms with Gasteiger partial charge in [0, 0.05) is 5.56 Å². The lowest BCUT2D eigenvalue weighted by Gasteiger charge is -2.11. The highest BCUT2D eigenvalue weighted by Gasteiger charge is 2.16. The van der Waals surface area contributed by atoms with Crippen molar-refractivity contribution >= 4 is 0 Å². The Morgan fingerprint density at radius 2 is 1.67 bits per heavy atom. The molecular weight excluding hydrogens is 393 g/mol. The van der Waals surface area contributed by atoms with Gasteiger partial charge in [0.2, 0.25) is 5.82 Å². The highest BCUT2D eigenvalue weighted by Crippen LogP contribution is 2.31. The molecule has 0 aliphatic heterocycles. The first-order valence-corrected chi connectivity index (χ1v) is 9.42. The molecule has 30 heavy (non-hydrogen) atoms. The standard InChI is InChI=1S/C24H21F3O3/c1-2-3-4-13-29-22-12-10-19(23(26)24(22)27)17-6-8-18(9-7-17)30-15-16-5-11-21(28)20(25)14-16/h2,5-12,14,28H,1,3-4,13,15H2. The zero-order valence-corrected chi connectivity index (χ0v) is 16.2. The fourth-order valence-electron chi connectivity index (χ4n) is 2.81. The average molecular weight is 414 g/mol. The summed E-state index contributed by atoms with van der Waals surface area (Å²) in [6.45, 7) is 3.97. The van der Waals surface area contributed by atoms with E-state index in [0.29, 0.717) is 23.3 Å². The minimum absolute atomic E-state index is 0.0947. The highest BCUT2D eigenvalue weighted by atomic mass is 19.2. The molecule has 0 aromatic heterocycles. The number of aromatic hydroxyl groups is 1. The van der Waals surface area contributed by atoms with Gasteiger partial charge in [-0.3, -0.25) is 0 Å². The number of ether oxygens (including phenoxy) is 2. The van der Waals surface area contributed by atoms with Crippen LogP contribution in [0.5, 0.6) is 17.2 Å². The molecule has 0 amide bonds. The first-order chi connectivity index (χ1) is 14.5. The van der Waals surface area contributed by atoms with Crippen molar-refractivity contribution < 1.29 is 27.8 Å². The van der Waals surface area contributed by atoms with E-state index < -0.39 is 23.2 Å². The summed E-state index contributed by atoms with van der Waals surface area (Å²) in [5, 5.41) is 9.21. The summed E-state index contributed by atoms with van der Waals surface area (Å²) in [7, 11) is 0. The third kappa shape index (κ3) is 5.14. The van der Waals surface area contributed by atoms with Crippen LogP contribution < -0.4 is 9.47 Å². The molecule has 3 rings (SSSR count). The number of hydrogen-bond donors (Lipinski definition) is 1. The molecule has 3 aromatic rings. The Labute approximate surface area is 173 Å². The van der Waals surface area contributed by atoms with Gasteiger partial charge in [-0.1, -0.05) is 24.3 Å². The van der Waals surface area contributed by atoms with Gasteiger partial charge in [0.05, 0.1) is 6.61 Å². The Bertz CT molecular complexity index is 1020. The Morgan fingerprint density at radius 3 is 2.37 bits per heavy atom. The first-order valence-electron chi connectivity index (χ1n) is 9.42. The monoisotopic (exact) mass is 414 g/mol. The van der Waals surface area contributed by atoms with Crippen LogP contribution in [0.4, 0.5) is 13.2 Å². The van der Waals surface area contributed by atoms with Crippen LogP contribution >= 0.6 is 0 Å². The zero-order chi connectivity index (χ0) is 21.5. The van der Waals surface area contributed by atoms with Gasteiger partial charge in [-0.25, -0.2) is 8.78 Å². The van der Waals surface area contributed by atoms with Crippen LogP contribution in [0.3, 0.4) is 0 Å². The lowest BCUT2D eigenvalue weighted by molar-refractivity contribution is 0.291. The second-order valence-corrected chi connectivity index (χ2v) is 6.62. The molecule has 0 fully saturated rings. The molecule has 0 radical (unpaired) electrons. The maximum Gasteiger partial charge on any atom is 0.201 e. The third-order valence-electron chi connectivity index (χ3n) is 4.44. The molecule has 0 saturated carbocycles. The molecule has 0 spiro atoms. The van der Waals surface area contributed by atoms with Crippen molar-refractivity contribution in [3.63, 3.8) is 0 Å². The molecular formula is C24H21F3O3. The van der Waals surface area contributed by atoms with Crippen molar-refractivity contribution in [3.05, 3.63) is 90.3 Å². The quantitative estimate of drug-likeness (QED) is 0.325. The molecule has 0 saturated heterocycles. The predicted octanol–water partition coefficient (Wildman–Crippen LogP) is 6.40. The molecule has 1 N–H and O–H groups in total. The molecule has 0 bridgehead atoms. The fourth-order valence-corrected chi connectivity index (χ4v) is 2.81. The van der Waals surface area contributed by atoms with E-state index in [9.17, 15) is 18.3 Å². The second-order valence-electron chi connectivity index (χ2n) is 6.62. The number of benzene rings is 3. The number of unbranched alkanes of at least 4 members (excludes halogenated alkanes) is 1. The van der Waals surface area contributed by atoms with Crippen LogP contribution in [0.1, 0.15) is 18.4 Å². The minimum Gasteiger partial charge on any atom is -0.505 e. The van der Waals surface area contributed by atoms with E-state index in [-0.39, 0.29) is 24.5 Å². The van der Waals surface area contributed by atoms with Gasteiger partial charge in [0.25, 0.3) is 0 Å². The normalized spacial score (nSPS) is 10.6. The molecule has 0 atom stereocenters. The number of halogens is 3. The van der Waals surface area contributed by atoms with E-state index in [0.717, 1.165) is 6.42 Å². The minimum atomic E-state index is -1.03. The SMILES string of the molecule is C=CCCCOc1ccc(-c2ccc(OCc3ccc(O)c(F)c3)cc2)c(F)c1F. The van der Waals surface area contributed by atoms with Crippen molar-refractivity contribution in [2.75, 3.05) is 6.61 Å². The third-order valence-corrected chi connectivity index (χ3v) is 4.44. The smallest absolute Gasteiger partial charge is 0.201 e. The van der Waals surface area contributed by atoms with E-state index in [2.05, 4.69) is 6.58 Å². The van der Waals surface area contributed by atoms with Gasteiger partial charge in [0.1, 0.15) is 12.4 Å². The lowest BCUT2D eigenvalue weighted by Crippen LogP contribution is -2.01. The van der Waals surface area contributed by atoms with E-state index in [1.807, 2.05) is 0 Å². The van der Waals surface area contributed by atoms with Gasteiger partial charge < -0.3 is 14.6 Å². The van der Waals surface area contributed by atoms with E-state index in [1.54, 1.807) is 36.4 Å². The average Bonchev–Trinajstić information content (AvgIpc) is 2.75. The van der Waals surface area contributed by atoms with E-state index in [4.69, 9.17) is 9.47 Å². The van der Waals surface area contributed by atoms with Crippen LogP contribution in [0.15, 0.2) is 67.3 Å². The number of phenolic OH excluding ortho intramolecular Hbond substituents is 1. The Kier molecular flexibility index (Phi) is 7.01. The molecule has 3 aromatic carbocycles. The fraction of sp³-hybridized carbons (Fsp3) is 0.167. The summed E-state index contributed by atoms with van der Waals surface area (Å²) in [5.41, 5.74) is 1.14. The predicted molar refractivity (Wildman–Crippen MR) is 109 cm³/mol. The molecule has 0 aliphatic carbocycles. The summed E-state index contributed by atoms with van der Waals surface area (Å²) >= 11 is 0. The van der Waals surface area contributed by atoms with E-state index >= 15 is 0 Å². The van der Waals surface area contributed by atoms with Crippen molar-refractivity contribution in [3.8, 4) is 28.4 Å². The summed E-state index contributed by atoms with van der Waals surface area (Å²) in [6.07, 6.45) is 3.14.